The Bertz CT molecular complexity index is 369. The molecule has 0 fully saturated rings. The summed E-state index contributed by atoms with van der Waals surface area (Å²) in [6.45, 7) is 5.24. The number of ether oxygens (including phenoxy) is 1. The topological polar surface area (TPSA) is 29.5 Å². The van der Waals surface area contributed by atoms with E-state index in [1.807, 2.05) is 12.1 Å². The Morgan fingerprint density at radius 2 is 2.19 bits per heavy atom. The van der Waals surface area contributed by atoms with E-state index in [-0.39, 0.29) is 0 Å². The zero-order valence-electron chi connectivity index (χ0n) is 10.1. The molecule has 0 unspecified atom stereocenters. The zero-order chi connectivity index (χ0) is 11.5. The molecule has 88 valence electrons. The summed E-state index contributed by atoms with van der Waals surface area (Å²) in [5.74, 6) is 2.15. The number of fused-ring (bicyclic) bond motifs is 1. The van der Waals surface area contributed by atoms with E-state index in [1.54, 1.807) is 0 Å². The number of aryl methyl sites for hydroxylation is 1. The molecule has 1 aliphatic rings. The fourth-order valence-electron chi connectivity index (χ4n) is 2.26. The van der Waals surface area contributed by atoms with Gasteiger partial charge in [-0.2, -0.15) is 0 Å². The Morgan fingerprint density at radius 3 is 2.94 bits per heavy atom. The third kappa shape index (κ3) is 2.49. The number of aromatic hydroxyl groups is 1. The second-order valence-electron chi connectivity index (χ2n) is 4.98. The predicted octanol–water partition coefficient (Wildman–Crippen LogP) is 3.31. The van der Waals surface area contributed by atoms with Crippen molar-refractivity contribution in [2.75, 3.05) is 6.61 Å². The van der Waals surface area contributed by atoms with Crippen LogP contribution in [-0.2, 0) is 12.8 Å². The lowest BCUT2D eigenvalue weighted by Crippen LogP contribution is -1.94. The van der Waals surface area contributed by atoms with Crippen LogP contribution in [0.1, 0.15) is 37.8 Å². The van der Waals surface area contributed by atoms with Gasteiger partial charge in [-0.3, -0.25) is 0 Å². The highest BCUT2D eigenvalue weighted by Gasteiger charge is 2.17. The van der Waals surface area contributed by atoms with Crippen LogP contribution in [0, 0.1) is 5.92 Å². The first kappa shape index (κ1) is 11.3. The molecular weight excluding hydrogens is 200 g/mol. The molecule has 1 heterocycles. The number of benzene rings is 1. The van der Waals surface area contributed by atoms with Crippen LogP contribution in [0.25, 0.3) is 0 Å². The molecule has 1 N–H and O–H groups in total. The number of phenolic OH excluding ortho intramolecular Hbond substituents is 1. The van der Waals surface area contributed by atoms with Gasteiger partial charge < -0.3 is 9.84 Å². The van der Waals surface area contributed by atoms with Crippen LogP contribution in [0.4, 0.5) is 0 Å². The first-order valence-corrected chi connectivity index (χ1v) is 6.14. The second kappa shape index (κ2) is 4.77. The number of rotatable bonds is 4. The summed E-state index contributed by atoms with van der Waals surface area (Å²) < 4.78 is 5.63. The van der Waals surface area contributed by atoms with Crippen LogP contribution in [0.5, 0.6) is 11.5 Å². The monoisotopic (exact) mass is 220 g/mol. The third-order valence-electron chi connectivity index (χ3n) is 3.07. The standard InChI is InChI=1S/C14H20O2/c1-10(2)4-3-5-11-8-13(15)9-12-6-7-16-14(11)12/h8-10,15H,3-7H2,1-2H3. The van der Waals surface area contributed by atoms with E-state index in [4.69, 9.17) is 4.74 Å². The van der Waals surface area contributed by atoms with E-state index in [0.717, 1.165) is 37.5 Å². The molecule has 0 aromatic heterocycles. The van der Waals surface area contributed by atoms with E-state index in [9.17, 15) is 5.11 Å². The molecule has 0 saturated heterocycles. The molecule has 0 saturated carbocycles. The summed E-state index contributed by atoms with van der Waals surface area (Å²) in [7, 11) is 0. The first-order chi connectivity index (χ1) is 7.66. The molecule has 0 radical (unpaired) electrons. The lowest BCUT2D eigenvalue weighted by molar-refractivity contribution is 0.352. The van der Waals surface area contributed by atoms with Gasteiger partial charge in [0, 0.05) is 12.0 Å². The maximum atomic E-state index is 9.63. The minimum atomic E-state index is 0.379. The van der Waals surface area contributed by atoms with Crippen LogP contribution in [0.2, 0.25) is 0 Å². The van der Waals surface area contributed by atoms with Crippen molar-refractivity contribution in [3.8, 4) is 11.5 Å². The summed E-state index contributed by atoms with van der Waals surface area (Å²) >= 11 is 0. The van der Waals surface area contributed by atoms with E-state index in [1.165, 1.54) is 17.5 Å². The van der Waals surface area contributed by atoms with Crippen molar-refractivity contribution >= 4 is 0 Å². The summed E-state index contributed by atoms with van der Waals surface area (Å²) in [5, 5.41) is 9.63. The third-order valence-corrected chi connectivity index (χ3v) is 3.07. The fraction of sp³-hybridized carbons (Fsp3) is 0.571. The Balaban J connectivity index is 2.08. The molecule has 2 nitrogen and oxygen atoms in total. The van der Waals surface area contributed by atoms with Crippen molar-refractivity contribution in [3.05, 3.63) is 23.3 Å². The molecule has 1 aromatic carbocycles. The lowest BCUT2D eigenvalue weighted by Gasteiger charge is -2.09. The van der Waals surface area contributed by atoms with Gasteiger partial charge in [-0.05, 0) is 36.5 Å². The predicted molar refractivity (Wildman–Crippen MR) is 65.1 cm³/mol. The van der Waals surface area contributed by atoms with Gasteiger partial charge in [-0.15, -0.1) is 0 Å². The van der Waals surface area contributed by atoms with Crippen LogP contribution in [0.3, 0.4) is 0 Å². The van der Waals surface area contributed by atoms with Crippen LogP contribution in [-0.4, -0.2) is 11.7 Å². The minimum Gasteiger partial charge on any atom is -0.508 e. The van der Waals surface area contributed by atoms with Gasteiger partial charge >= 0.3 is 0 Å². The molecular formula is C14H20O2. The molecule has 1 aliphatic heterocycles. The maximum Gasteiger partial charge on any atom is 0.126 e. The van der Waals surface area contributed by atoms with Crippen molar-refractivity contribution in [1.29, 1.82) is 0 Å². The van der Waals surface area contributed by atoms with Crippen molar-refractivity contribution < 1.29 is 9.84 Å². The molecule has 0 aliphatic carbocycles. The molecule has 1 aromatic rings. The fourth-order valence-corrected chi connectivity index (χ4v) is 2.26. The van der Waals surface area contributed by atoms with Gasteiger partial charge in [0.05, 0.1) is 6.61 Å². The van der Waals surface area contributed by atoms with Gasteiger partial charge in [-0.25, -0.2) is 0 Å². The summed E-state index contributed by atoms with van der Waals surface area (Å²) in [6, 6.07) is 3.68. The highest BCUT2D eigenvalue weighted by atomic mass is 16.5. The molecule has 0 amide bonds. The van der Waals surface area contributed by atoms with Gasteiger partial charge in [-0.1, -0.05) is 20.3 Å². The van der Waals surface area contributed by atoms with Gasteiger partial charge in [0.1, 0.15) is 11.5 Å². The van der Waals surface area contributed by atoms with E-state index < -0.39 is 0 Å². The largest absolute Gasteiger partial charge is 0.508 e. The van der Waals surface area contributed by atoms with E-state index in [0.29, 0.717) is 5.75 Å². The summed E-state index contributed by atoms with van der Waals surface area (Å²) in [4.78, 5) is 0. The SMILES string of the molecule is CC(C)CCCc1cc(O)cc2c1OCC2. The van der Waals surface area contributed by atoms with E-state index in [2.05, 4.69) is 13.8 Å². The highest BCUT2D eigenvalue weighted by molar-refractivity contribution is 5.48. The smallest absolute Gasteiger partial charge is 0.126 e. The summed E-state index contributed by atoms with van der Waals surface area (Å²) in [6.07, 6.45) is 4.33. The zero-order valence-corrected chi connectivity index (χ0v) is 10.1. The quantitative estimate of drug-likeness (QED) is 0.843. The molecule has 2 heteroatoms. The average Bonchev–Trinajstić information content (AvgIpc) is 2.64. The van der Waals surface area contributed by atoms with Gasteiger partial charge in [0.15, 0.2) is 0 Å². The van der Waals surface area contributed by atoms with Crippen molar-refractivity contribution in [1.82, 2.24) is 0 Å². The Morgan fingerprint density at radius 1 is 1.38 bits per heavy atom. The normalized spacial score (nSPS) is 13.9. The summed E-state index contributed by atoms with van der Waals surface area (Å²) in [5.41, 5.74) is 2.34. The van der Waals surface area contributed by atoms with Crippen LogP contribution in [0.15, 0.2) is 12.1 Å². The molecule has 0 spiro atoms. The average molecular weight is 220 g/mol. The van der Waals surface area contributed by atoms with Crippen molar-refractivity contribution in [2.24, 2.45) is 5.92 Å². The van der Waals surface area contributed by atoms with Crippen LogP contribution < -0.4 is 4.74 Å². The number of phenols is 1. The van der Waals surface area contributed by atoms with Crippen LogP contribution >= 0.6 is 0 Å². The molecule has 2 rings (SSSR count). The molecule has 0 atom stereocenters. The van der Waals surface area contributed by atoms with Gasteiger partial charge in [0.25, 0.3) is 0 Å². The molecule has 0 bridgehead atoms. The van der Waals surface area contributed by atoms with Gasteiger partial charge in [0.2, 0.25) is 0 Å². The van der Waals surface area contributed by atoms with Crippen molar-refractivity contribution in [3.63, 3.8) is 0 Å². The highest BCUT2D eigenvalue weighted by Crippen LogP contribution is 2.34. The number of hydrogen-bond donors (Lipinski definition) is 1. The second-order valence-corrected chi connectivity index (χ2v) is 4.98. The maximum absolute atomic E-state index is 9.63. The van der Waals surface area contributed by atoms with E-state index >= 15 is 0 Å². The first-order valence-electron chi connectivity index (χ1n) is 6.14. The molecule has 16 heavy (non-hydrogen) atoms. The Kier molecular flexibility index (Phi) is 3.37. The lowest BCUT2D eigenvalue weighted by atomic mass is 9.99. The Labute approximate surface area is 97.3 Å². The Hall–Kier alpha value is -1.18. The number of hydrogen-bond acceptors (Lipinski definition) is 2. The minimum absolute atomic E-state index is 0.379. The van der Waals surface area contributed by atoms with Crippen molar-refractivity contribution in [2.45, 2.75) is 39.5 Å².